The molecule has 2 atom stereocenters. The van der Waals surface area contributed by atoms with Crippen LogP contribution >= 0.6 is 0 Å². The lowest BCUT2D eigenvalue weighted by molar-refractivity contribution is 0.321. The highest BCUT2D eigenvalue weighted by Gasteiger charge is 2.35. The summed E-state index contributed by atoms with van der Waals surface area (Å²) in [6, 6.07) is 7.44. The standard InChI is InChI=1S/C18H29N/c1-5-11-19-16-9-10-18(4,12-16)13-17-14(2)7-6-8-15(17)3/h6-8,16,19H,5,9-13H2,1-4H3. The van der Waals surface area contributed by atoms with Crippen LogP contribution in [0.4, 0.5) is 0 Å². The SMILES string of the molecule is CCCNC1CCC(C)(Cc2c(C)cccc2C)C1. The third-order valence-corrected chi connectivity index (χ3v) is 4.77. The van der Waals surface area contributed by atoms with E-state index in [0.29, 0.717) is 5.41 Å². The molecule has 0 aliphatic heterocycles. The first-order chi connectivity index (χ1) is 9.04. The van der Waals surface area contributed by atoms with Gasteiger partial charge in [0.2, 0.25) is 0 Å². The Morgan fingerprint density at radius 2 is 1.95 bits per heavy atom. The smallest absolute Gasteiger partial charge is 0.00725 e. The maximum atomic E-state index is 3.70. The molecule has 0 aromatic heterocycles. The molecule has 1 N–H and O–H groups in total. The lowest BCUT2D eigenvalue weighted by Crippen LogP contribution is -2.29. The van der Waals surface area contributed by atoms with E-state index in [1.54, 1.807) is 5.56 Å². The molecule has 0 heterocycles. The number of rotatable bonds is 5. The molecule has 0 radical (unpaired) electrons. The van der Waals surface area contributed by atoms with Crippen LogP contribution in [0.5, 0.6) is 0 Å². The molecular weight excluding hydrogens is 230 g/mol. The average molecular weight is 259 g/mol. The first-order valence-electron chi connectivity index (χ1n) is 7.82. The van der Waals surface area contributed by atoms with Gasteiger partial charge in [-0.25, -0.2) is 0 Å². The van der Waals surface area contributed by atoms with Crippen LogP contribution in [0.1, 0.15) is 56.2 Å². The van der Waals surface area contributed by atoms with E-state index in [1.807, 2.05) is 0 Å². The Labute approximate surface area is 118 Å². The van der Waals surface area contributed by atoms with Gasteiger partial charge in [0.05, 0.1) is 0 Å². The minimum absolute atomic E-state index is 0.488. The predicted molar refractivity (Wildman–Crippen MR) is 83.7 cm³/mol. The Balaban J connectivity index is 2.03. The molecule has 0 amide bonds. The van der Waals surface area contributed by atoms with E-state index in [0.717, 1.165) is 6.04 Å². The second-order valence-corrected chi connectivity index (χ2v) is 6.75. The zero-order valence-electron chi connectivity index (χ0n) is 13.1. The monoisotopic (exact) mass is 259 g/mol. The maximum absolute atomic E-state index is 3.70. The van der Waals surface area contributed by atoms with Gasteiger partial charge < -0.3 is 5.32 Å². The molecule has 1 aliphatic carbocycles. The minimum atomic E-state index is 0.488. The van der Waals surface area contributed by atoms with Crippen molar-refractivity contribution in [2.45, 2.75) is 65.8 Å². The third-order valence-electron chi connectivity index (χ3n) is 4.77. The summed E-state index contributed by atoms with van der Waals surface area (Å²) in [7, 11) is 0. The van der Waals surface area contributed by atoms with Gasteiger partial charge in [0.15, 0.2) is 0 Å². The Kier molecular flexibility index (Phi) is 4.67. The number of benzene rings is 1. The molecule has 0 saturated heterocycles. The molecular formula is C18H29N. The Morgan fingerprint density at radius 3 is 2.58 bits per heavy atom. The molecule has 19 heavy (non-hydrogen) atoms. The zero-order valence-corrected chi connectivity index (χ0v) is 13.1. The number of nitrogens with one attached hydrogen (secondary N) is 1. The normalized spacial score (nSPS) is 26.8. The van der Waals surface area contributed by atoms with Gasteiger partial charge in [0.1, 0.15) is 0 Å². The zero-order chi connectivity index (χ0) is 13.9. The van der Waals surface area contributed by atoms with Gasteiger partial charge in [0.25, 0.3) is 0 Å². The summed E-state index contributed by atoms with van der Waals surface area (Å²) in [5.74, 6) is 0. The van der Waals surface area contributed by atoms with Gasteiger partial charge >= 0.3 is 0 Å². The highest BCUT2D eigenvalue weighted by Crippen LogP contribution is 2.41. The second kappa shape index (κ2) is 6.09. The largest absolute Gasteiger partial charge is 0.314 e. The van der Waals surface area contributed by atoms with Crippen molar-refractivity contribution in [1.29, 1.82) is 0 Å². The lowest BCUT2D eigenvalue weighted by atomic mass is 9.79. The van der Waals surface area contributed by atoms with E-state index in [9.17, 15) is 0 Å². The van der Waals surface area contributed by atoms with E-state index in [-0.39, 0.29) is 0 Å². The minimum Gasteiger partial charge on any atom is -0.314 e. The van der Waals surface area contributed by atoms with E-state index in [4.69, 9.17) is 0 Å². The Morgan fingerprint density at radius 1 is 1.26 bits per heavy atom. The van der Waals surface area contributed by atoms with Crippen LogP contribution in [0.15, 0.2) is 18.2 Å². The molecule has 0 spiro atoms. The molecule has 2 rings (SSSR count). The first kappa shape index (κ1) is 14.6. The Bertz CT molecular complexity index is 403. The molecule has 1 aromatic carbocycles. The van der Waals surface area contributed by atoms with Crippen molar-refractivity contribution in [2.75, 3.05) is 6.54 Å². The Hall–Kier alpha value is -0.820. The fourth-order valence-corrected chi connectivity index (χ4v) is 3.56. The van der Waals surface area contributed by atoms with E-state index >= 15 is 0 Å². The summed E-state index contributed by atoms with van der Waals surface area (Å²) in [6.45, 7) is 10.4. The molecule has 2 unspecified atom stereocenters. The second-order valence-electron chi connectivity index (χ2n) is 6.75. The highest BCUT2D eigenvalue weighted by atomic mass is 14.9. The van der Waals surface area contributed by atoms with Gasteiger partial charge in [-0.1, -0.05) is 32.0 Å². The molecule has 1 aromatic rings. The van der Waals surface area contributed by atoms with Crippen molar-refractivity contribution >= 4 is 0 Å². The summed E-state index contributed by atoms with van der Waals surface area (Å²) in [5.41, 5.74) is 5.00. The maximum Gasteiger partial charge on any atom is 0.00725 e. The van der Waals surface area contributed by atoms with Gasteiger partial charge in [-0.15, -0.1) is 0 Å². The van der Waals surface area contributed by atoms with Crippen LogP contribution < -0.4 is 5.32 Å². The molecule has 0 bridgehead atoms. The van der Waals surface area contributed by atoms with Crippen molar-refractivity contribution in [3.63, 3.8) is 0 Å². The van der Waals surface area contributed by atoms with Crippen LogP contribution in [0, 0.1) is 19.3 Å². The molecule has 1 heteroatoms. The van der Waals surface area contributed by atoms with Crippen LogP contribution in [-0.4, -0.2) is 12.6 Å². The van der Waals surface area contributed by atoms with Gasteiger partial charge in [-0.3, -0.25) is 0 Å². The van der Waals surface area contributed by atoms with Crippen molar-refractivity contribution < 1.29 is 0 Å². The van der Waals surface area contributed by atoms with E-state index in [2.05, 4.69) is 51.2 Å². The van der Waals surface area contributed by atoms with Crippen LogP contribution in [0.3, 0.4) is 0 Å². The van der Waals surface area contributed by atoms with Crippen molar-refractivity contribution in [3.8, 4) is 0 Å². The van der Waals surface area contributed by atoms with Crippen molar-refractivity contribution in [1.82, 2.24) is 5.32 Å². The predicted octanol–water partition coefficient (Wildman–Crippen LogP) is 4.40. The van der Waals surface area contributed by atoms with Gasteiger partial charge in [0, 0.05) is 6.04 Å². The lowest BCUT2D eigenvalue weighted by Gasteiger charge is -2.26. The fraction of sp³-hybridized carbons (Fsp3) is 0.667. The van der Waals surface area contributed by atoms with Crippen LogP contribution in [0.25, 0.3) is 0 Å². The van der Waals surface area contributed by atoms with Gasteiger partial charge in [-0.05, 0) is 74.6 Å². The summed E-state index contributed by atoms with van der Waals surface area (Å²) in [6.07, 6.45) is 6.53. The molecule has 1 saturated carbocycles. The molecule has 1 nitrogen and oxygen atoms in total. The first-order valence-corrected chi connectivity index (χ1v) is 7.82. The topological polar surface area (TPSA) is 12.0 Å². The third kappa shape index (κ3) is 3.60. The van der Waals surface area contributed by atoms with E-state index in [1.165, 1.54) is 49.8 Å². The average Bonchev–Trinajstić information content (AvgIpc) is 2.74. The molecule has 1 fully saturated rings. The molecule has 1 aliphatic rings. The van der Waals surface area contributed by atoms with Crippen LogP contribution in [-0.2, 0) is 6.42 Å². The summed E-state index contributed by atoms with van der Waals surface area (Å²) in [4.78, 5) is 0. The number of hydrogen-bond acceptors (Lipinski definition) is 1. The highest BCUT2D eigenvalue weighted by molar-refractivity contribution is 5.34. The number of hydrogen-bond donors (Lipinski definition) is 1. The molecule has 106 valence electrons. The van der Waals surface area contributed by atoms with Crippen molar-refractivity contribution in [3.05, 3.63) is 34.9 Å². The quantitative estimate of drug-likeness (QED) is 0.826. The fourth-order valence-electron chi connectivity index (χ4n) is 3.56. The summed E-state index contributed by atoms with van der Waals surface area (Å²) < 4.78 is 0. The van der Waals surface area contributed by atoms with E-state index < -0.39 is 0 Å². The number of aryl methyl sites for hydroxylation is 2. The van der Waals surface area contributed by atoms with Gasteiger partial charge in [-0.2, -0.15) is 0 Å². The van der Waals surface area contributed by atoms with Crippen molar-refractivity contribution in [2.24, 2.45) is 5.41 Å². The summed E-state index contributed by atoms with van der Waals surface area (Å²) >= 11 is 0. The van der Waals surface area contributed by atoms with Crippen LogP contribution in [0.2, 0.25) is 0 Å². The summed E-state index contributed by atoms with van der Waals surface area (Å²) in [5, 5.41) is 3.70.